The van der Waals surface area contributed by atoms with Crippen LogP contribution in [0.5, 0.6) is 0 Å². The Labute approximate surface area is 213 Å². The van der Waals surface area contributed by atoms with E-state index in [1.54, 1.807) is 29.5 Å². The third kappa shape index (κ3) is 3.09. The largest absolute Gasteiger partial charge is 0.324 e. The maximum atomic E-state index is 14.6. The Bertz CT molecular complexity index is 1580. The van der Waals surface area contributed by atoms with Gasteiger partial charge in [-0.2, -0.15) is 0 Å². The molecule has 4 heterocycles. The number of hydrogen-bond donors (Lipinski definition) is 3. The van der Waals surface area contributed by atoms with E-state index in [2.05, 4.69) is 25.3 Å². The molecular formula is C25H20N6O3S2. The molecule has 0 fully saturated rings. The van der Waals surface area contributed by atoms with E-state index in [9.17, 15) is 14.4 Å². The third-order valence-corrected chi connectivity index (χ3v) is 7.68. The number of carbonyl (C=O) groups excluding carboxylic acids is 1. The number of para-hydroxylation sites is 1. The summed E-state index contributed by atoms with van der Waals surface area (Å²) in [5.41, 5.74) is -0.413. The standard InChI is InChI=1S/C25H20N6O3S2/c1-35-23-27-18-16(20(32)29-23)25(17-19(26-18)28-24(36-2)30-21(17)33)14-10-6-7-11-15(14)31(22(25)34)12-13-8-4-3-5-9-13/h3-11H,12H2,1-2H3,(H3,26,27,28,29,30,32,33). The van der Waals surface area contributed by atoms with Gasteiger partial charge in [0.15, 0.2) is 10.3 Å². The number of amides is 1. The molecule has 0 saturated carbocycles. The Kier molecular flexibility index (Phi) is 5.27. The predicted octanol–water partition coefficient (Wildman–Crippen LogP) is 3.24. The molecular weight excluding hydrogens is 496 g/mol. The lowest BCUT2D eigenvalue weighted by atomic mass is 9.69. The smallest absolute Gasteiger partial charge is 0.258 e. The second-order valence-electron chi connectivity index (χ2n) is 8.37. The number of aromatic amines is 2. The van der Waals surface area contributed by atoms with E-state index >= 15 is 0 Å². The summed E-state index contributed by atoms with van der Waals surface area (Å²) in [6.45, 7) is 0.277. The molecule has 2 aromatic carbocycles. The minimum atomic E-state index is -1.71. The average Bonchev–Trinajstić information content (AvgIpc) is 3.12. The highest BCUT2D eigenvalue weighted by Crippen LogP contribution is 2.54. The summed E-state index contributed by atoms with van der Waals surface area (Å²) in [7, 11) is 0. The third-order valence-electron chi connectivity index (χ3n) is 6.52. The number of anilines is 3. The monoisotopic (exact) mass is 516 g/mol. The van der Waals surface area contributed by atoms with Crippen molar-refractivity contribution in [2.75, 3.05) is 22.7 Å². The van der Waals surface area contributed by atoms with Crippen molar-refractivity contribution in [2.45, 2.75) is 22.3 Å². The van der Waals surface area contributed by atoms with Crippen LogP contribution in [-0.2, 0) is 16.8 Å². The van der Waals surface area contributed by atoms with E-state index in [4.69, 9.17) is 0 Å². The molecule has 9 nitrogen and oxygen atoms in total. The number of fused-ring (bicyclic) bond motifs is 6. The van der Waals surface area contributed by atoms with Crippen LogP contribution in [0.1, 0.15) is 22.3 Å². The molecule has 0 atom stereocenters. The van der Waals surface area contributed by atoms with E-state index in [-0.39, 0.29) is 29.3 Å². The lowest BCUT2D eigenvalue weighted by molar-refractivity contribution is -0.120. The van der Waals surface area contributed by atoms with Crippen molar-refractivity contribution >= 4 is 46.8 Å². The Morgan fingerprint density at radius 3 is 1.94 bits per heavy atom. The lowest BCUT2D eigenvalue weighted by Crippen LogP contribution is -2.51. The minimum Gasteiger partial charge on any atom is -0.324 e. The van der Waals surface area contributed by atoms with E-state index in [0.717, 1.165) is 5.56 Å². The van der Waals surface area contributed by atoms with Crippen LogP contribution >= 0.6 is 23.5 Å². The minimum absolute atomic E-state index is 0.0880. The van der Waals surface area contributed by atoms with E-state index in [0.29, 0.717) is 21.6 Å². The van der Waals surface area contributed by atoms with Gasteiger partial charge in [-0.3, -0.25) is 14.4 Å². The number of rotatable bonds is 4. The molecule has 1 amide bonds. The summed E-state index contributed by atoms with van der Waals surface area (Å²) >= 11 is 2.55. The second-order valence-corrected chi connectivity index (χ2v) is 9.96. The normalized spacial score (nSPS) is 14.8. The van der Waals surface area contributed by atoms with Crippen LogP contribution in [0.15, 0.2) is 74.5 Å². The zero-order chi connectivity index (χ0) is 25.0. The Hall–Kier alpha value is -3.83. The van der Waals surface area contributed by atoms with Gasteiger partial charge < -0.3 is 20.2 Å². The quantitative estimate of drug-likeness (QED) is 0.279. The highest BCUT2D eigenvalue weighted by Gasteiger charge is 2.60. The Balaban J connectivity index is 1.71. The highest BCUT2D eigenvalue weighted by atomic mass is 32.2. The van der Waals surface area contributed by atoms with Crippen LogP contribution in [0.4, 0.5) is 17.3 Å². The molecule has 11 heteroatoms. The molecule has 2 aliphatic rings. The molecule has 36 heavy (non-hydrogen) atoms. The summed E-state index contributed by atoms with van der Waals surface area (Å²) < 4.78 is 0. The van der Waals surface area contributed by atoms with Crippen LogP contribution in [0.2, 0.25) is 0 Å². The van der Waals surface area contributed by atoms with Gasteiger partial charge in [0.25, 0.3) is 11.1 Å². The molecule has 0 bridgehead atoms. The number of benzene rings is 2. The van der Waals surface area contributed by atoms with Gasteiger partial charge in [0.1, 0.15) is 17.1 Å². The van der Waals surface area contributed by atoms with Gasteiger partial charge >= 0.3 is 0 Å². The SMILES string of the molecule is CSc1nc2c(c(=O)[nH]1)C1(C(=O)N(Cc3ccccc3)c3ccccc31)c1c(nc(SC)[nH]c1=O)N2. The summed E-state index contributed by atoms with van der Waals surface area (Å²) in [6, 6.07) is 16.9. The molecule has 180 valence electrons. The number of hydrogen-bond acceptors (Lipinski definition) is 8. The molecule has 3 N–H and O–H groups in total. The van der Waals surface area contributed by atoms with Crippen molar-refractivity contribution < 1.29 is 4.79 Å². The van der Waals surface area contributed by atoms with Gasteiger partial charge in [-0.15, -0.1) is 0 Å². The molecule has 0 saturated heterocycles. The zero-order valence-corrected chi connectivity index (χ0v) is 20.9. The number of thioether (sulfide) groups is 2. The molecule has 0 aliphatic carbocycles. The van der Waals surface area contributed by atoms with E-state index in [1.807, 2.05) is 42.5 Å². The van der Waals surface area contributed by atoms with Gasteiger partial charge in [0.05, 0.1) is 17.7 Å². The van der Waals surface area contributed by atoms with Crippen LogP contribution in [0, 0.1) is 0 Å². The van der Waals surface area contributed by atoms with Gasteiger partial charge in [-0.25, -0.2) is 9.97 Å². The van der Waals surface area contributed by atoms with Gasteiger partial charge in [0, 0.05) is 11.3 Å². The van der Waals surface area contributed by atoms with Crippen LogP contribution < -0.4 is 21.3 Å². The first-order valence-corrected chi connectivity index (χ1v) is 13.5. The number of nitrogens with zero attached hydrogens (tertiary/aromatic N) is 3. The zero-order valence-electron chi connectivity index (χ0n) is 19.3. The lowest BCUT2D eigenvalue weighted by Gasteiger charge is -2.34. The van der Waals surface area contributed by atoms with Crippen LogP contribution in [0.25, 0.3) is 0 Å². The van der Waals surface area contributed by atoms with E-state index < -0.39 is 22.4 Å². The molecule has 1 spiro atoms. The Morgan fingerprint density at radius 1 is 0.806 bits per heavy atom. The van der Waals surface area contributed by atoms with Crippen molar-refractivity contribution in [1.82, 2.24) is 19.9 Å². The van der Waals surface area contributed by atoms with Crippen molar-refractivity contribution in [3.8, 4) is 0 Å². The van der Waals surface area contributed by atoms with Gasteiger partial charge in [-0.05, 0) is 24.1 Å². The molecule has 0 radical (unpaired) electrons. The van der Waals surface area contributed by atoms with Crippen molar-refractivity contribution in [1.29, 1.82) is 0 Å². The fraction of sp³-hybridized carbons (Fsp3) is 0.160. The highest BCUT2D eigenvalue weighted by molar-refractivity contribution is 7.98. The van der Waals surface area contributed by atoms with Crippen molar-refractivity contribution in [3.63, 3.8) is 0 Å². The molecule has 0 unspecified atom stereocenters. The molecule has 2 aliphatic heterocycles. The molecule has 4 aromatic rings. The average molecular weight is 517 g/mol. The molecule has 6 rings (SSSR count). The van der Waals surface area contributed by atoms with E-state index in [1.165, 1.54) is 23.5 Å². The fourth-order valence-electron chi connectivity index (χ4n) is 5.07. The maximum Gasteiger partial charge on any atom is 0.258 e. The number of carbonyl (C=O) groups is 1. The van der Waals surface area contributed by atoms with Gasteiger partial charge in [0.2, 0.25) is 5.91 Å². The van der Waals surface area contributed by atoms with Crippen molar-refractivity contribution in [2.24, 2.45) is 0 Å². The summed E-state index contributed by atoms with van der Waals surface area (Å²) in [5.74, 6) is 0.0286. The van der Waals surface area contributed by atoms with Gasteiger partial charge in [-0.1, -0.05) is 72.1 Å². The Morgan fingerprint density at radius 2 is 1.36 bits per heavy atom. The number of H-pyrrole nitrogens is 2. The summed E-state index contributed by atoms with van der Waals surface area (Å²) in [6.07, 6.45) is 3.59. The molecule has 2 aromatic heterocycles. The van der Waals surface area contributed by atoms with Crippen LogP contribution in [-0.4, -0.2) is 38.4 Å². The number of aromatic nitrogens is 4. The van der Waals surface area contributed by atoms with Crippen LogP contribution in [0.3, 0.4) is 0 Å². The maximum absolute atomic E-state index is 14.6. The summed E-state index contributed by atoms with van der Waals surface area (Å²) in [5, 5.41) is 3.86. The number of nitrogens with one attached hydrogen (secondary N) is 3. The fourth-order valence-corrected chi connectivity index (χ4v) is 5.83. The van der Waals surface area contributed by atoms with Crippen molar-refractivity contribution in [3.05, 3.63) is 97.6 Å². The first kappa shape index (κ1) is 22.6. The predicted molar refractivity (Wildman–Crippen MR) is 141 cm³/mol. The first-order chi connectivity index (χ1) is 17.5. The second kappa shape index (κ2) is 8.38. The first-order valence-electron chi connectivity index (χ1n) is 11.1. The topological polar surface area (TPSA) is 124 Å². The summed E-state index contributed by atoms with van der Waals surface area (Å²) in [4.78, 5) is 58.2.